The second-order valence-electron chi connectivity index (χ2n) is 7.44. The Morgan fingerprint density at radius 1 is 1.06 bits per heavy atom. The fraction of sp³-hybridized carbons (Fsp3) is 0.208. The highest BCUT2D eigenvalue weighted by Crippen LogP contribution is 2.25. The summed E-state index contributed by atoms with van der Waals surface area (Å²) in [6.45, 7) is 5.96. The van der Waals surface area contributed by atoms with Gasteiger partial charge in [-0.25, -0.2) is 0 Å². The van der Waals surface area contributed by atoms with Crippen LogP contribution in [-0.2, 0) is 6.42 Å². The molecule has 1 N–H and O–H groups in total. The van der Waals surface area contributed by atoms with Crippen molar-refractivity contribution in [3.05, 3.63) is 89.5 Å². The van der Waals surface area contributed by atoms with Crippen LogP contribution in [0.2, 0.25) is 0 Å². The fourth-order valence-electron chi connectivity index (χ4n) is 3.39. The zero-order valence-corrected chi connectivity index (χ0v) is 17.8. The number of hydrogen-bond acceptors (Lipinski definition) is 5. The van der Waals surface area contributed by atoms with E-state index in [2.05, 4.69) is 38.0 Å². The molecule has 4 rings (SSSR count). The van der Waals surface area contributed by atoms with Gasteiger partial charge in [-0.2, -0.15) is 4.68 Å². The van der Waals surface area contributed by atoms with E-state index < -0.39 is 0 Å². The Morgan fingerprint density at radius 2 is 1.87 bits per heavy atom. The predicted octanol–water partition coefficient (Wildman–Crippen LogP) is 4.09. The van der Waals surface area contributed by atoms with Crippen molar-refractivity contribution in [3.8, 4) is 16.8 Å². The first-order chi connectivity index (χ1) is 15.0. The van der Waals surface area contributed by atoms with Crippen LogP contribution < -0.4 is 5.32 Å². The van der Waals surface area contributed by atoms with Gasteiger partial charge in [0, 0.05) is 18.2 Å². The van der Waals surface area contributed by atoms with Crippen LogP contribution in [0, 0.1) is 6.92 Å². The number of carbonyl (C=O) groups excluding carboxylic acids is 1. The van der Waals surface area contributed by atoms with Crippen LogP contribution in [0.1, 0.15) is 47.3 Å². The first-order valence-corrected chi connectivity index (χ1v) is 10.3. The summed E-state index contributed by atoms with van der Waals surface area (Å²) in [5, 5.41) is 15.0. The smallest absolute Gasteiger partial charge is 0.251 e. The minimum Gasteiger partial charge on any atom is -0.344 e. The lowest BCUT2D eigenvalue weighted by Gasteiger charge is -2.15. The van der Waals surface area contributed by atoms with Gasteiger partial charge in [-0.1, -0.05) is 42.8 Å². The summed E-state index contributed by atoms with van der Waals surface area (Å²) < 4.78 is 1.68. The van der Waals surface area contributed by atoms with Crippen molar-refractivity contribution in [3.63, 3.8) is 0 Å². The van der Waals surface area contributed by atoms with E-state index in [-0.39, 0.29) is 11.9 Å². The van der Waals surface area contributed by atoms with E-state index in [1.165, 1.54) is 5.56 Å². The number of nitrogens with one attached hydrogen (secondary N) is 1. The van der Waals surface area contributed by atoms with E-state index in [1.807, 2.05) is 69.3 Å². The molecule has 156 valence electrons. The molecule has 0 fully saturated rings. The molecule has 0 aliphatic rings. The van der Waals surface area contributed by atoms with Crippen molar-refractivity contribution in [2.75, 3.05) is 0 Å². The lowest BCUT2D eigenvalue weighted by molar-refractivity contribution is 0.0939. The largest absolute Gasteiger partial charge is 0.344 e. The summed E-state index contributed by atoms with van der Waals surface area (Å²) in [7, 11) is 0. The van der Waals surface area contributed by atoms with Crippen molar-refractivity contribution < 1.29 is 4.79 Å². The van der Waals surface area contributed by atoms with Crippen molar-refractivity contribution in [2.24, 2.45) is 0 Å². The van der Waals surface area contributed by atoms with Crippen LogP contribution in [0.4, 0.5) is 0 Å². The van der Waals surface area contributed by atoms with Gasteiger partial charge in [0.15, 0.2) is 5.82 Å². The summed E-state index contributed by atoms with van der Waals surface area (Å²) in [6, 6.07) is 19.3. The van der Waals surface area contributed by atoms with Crippen LogP contribution in [-0.4, -0.2) is 31.1 Å². The van der Waals surface area contributed by atoms with Crippen LogP contribution in [0.15, 0.2) is 66.9 Å². The lowest BCUT2D eigenvalue weighted by Crippen LogP contribution is -2.27. The second-order valence-corrected chi connectivity index (χ2v) is 7.44. The molecule has 4 aromatic rings. The molecule has 2 aromatic heterocycles. The van der Waals surface area contributed by atoms with Gasteiger partial charge in [0.05, 0.1) is 17.4 Å². The van der Waals surface area contributed by atoms with Crippen LogP contribution >= 0.6 is 0 Å². The van der Waals surface area contributed by atoms with Crippen molar-refractivity contribution in [2.45, 2.75) is 33.2 Å². The molecule has 7 heteroatoms. The highest BCUT2D eigenvalue weighted by molar-refractivity contribution is 5.96. The monoisotopic (exact) mass is 412 g/mol. The first kappa shape index (κ1) is 20.4. The molecule has 1 unspecified atom stereocenters. The Morgan fingerprint density at radius 3 is 2.58 bits per heavy atom. The van der Waals surface area contributed by atoms with Crippen molar-refractivity contribution in [1.29, 1.82) is 0 Å². The zero-order chi connectivity index (χ0) is 21.8. The van der Waals surface area contributed by atoms with Gasteiger partial charge in [0.1, 0.15) is 0 Å². The number of hydrogen-bond donors (Lipinski definition) is 1. The van der Waals surface area contributed by atoms with E-state index in [1.54, 1.807) is 10.9 Å². The maximum absolute atomic E-state index is 13.1. The molecule has 0 radical (unpaired) electrons. The summed E-state index contributed by atoms with van der Waals surface area (Å²) in [6.07, 6.45) is 2.40. The Balaban J connectivity index is 1.74. The third-order valence-corrected chi connectivity index (χ3v) is 5.14. The Labute approximate surface area is 181 Å². The average Bonchev–Trinajstić information content (AvgIpc) is 3.29. The maximum atomic E-state index is 13.1. The minimum absolute atomic E-state index is 0.181. The SMILES string of the molecule is CCc1nnnn1-c1cc(C(=O)NC(C)c2ccccn2)cc(-c2ccc(C)cc2)c1. The molecule has 2 heterocycles. The highest BCUT2D eigenvalue weighted by atomic mass is 16.1. The molecule has 1 atom stereocenters. The van der Waals surface area contributed by atoms with Crippen LogP contribution in [0.5, 0.6) is 0 Å². The standard InChI is InChI=1S/C24H24N6O/c1-4-23-27-28-29-30(23)21-14-19(18-10-8-16(2)9-11-18)13-20(15-21)24(31)26-17(3)22-7-5-6-12-25-22/h5-15,17H,4H2,1-3H3,(H,26,31). The summed E-state index contributed by atoms with van der Waals surface area (Å²) in [5.74, 6) is 0.550. The number of pyridine rings is 1. The predicted molar refractivity (Wildman–Crippen MR) is 119 cm³/mol. The van der Waals surface area contributed by atoms with E-state index in [4.69, 9.17) is 0 Å². The maximum Gasteiger partial charge on any atom is 0.251 e. The van der Waals surface area contributed by atoms with E-state index in [0.29, 0.717) is 12.0 Å². The number of rotatable bonds is 6. The molecule has 0 saturated heterocycles. The third kappa shape index (κ3) is 4.50. The van der Waals surface area contributed by atoms with Gasteiger partial charge in [-0.3, -0.25) is 9.78 Å². The normalized spacial score (nSPS) is 11.8. The third-order valence-electron chi connectivity index (χ3n) is 5.14. The lowest BCUT2D eigenvalue weighted by atomic mass is 10.0. The molecule has 0 aliphatic carbocycles. The topological polar surface area (TPSA) is 85.6 Å². The fourth-order valence-corrected chi connectivity index (χ4v) is 3.39. The number of amides is 1. The summed E-state index contributed by atoms with van der Waals surface area (Å²) >= 11 is 0. The number of nitrogens with zero attached hydrogens (tertiary/aromatic N) is 5. The van der Waals surface area contributed by atoms with Gasteiger partial charge in [-0.15, -0.1) is 5.10 Å². The minimum atomic E-state index is -0.223. The molecule has 31 heavy (non-hydrogen) atoms. The molecule has 0 bridgehead atoms. The van der Waals surface area contributed by atoms with Crippen molar-refractivity contribution in [1.82, 2.24) is 30.5 Å². The van der Waals surface area contributed by atoms with Gasteiger partial charge in [-0.05, 0) is 65.7 Å². The first-order valence-electron chi connectivity index (χ1n) is 10.3. The number of carbonyl (C=O) groups is 1. The van der Waals surface area contributed by atoms with E-state index in [0.717, 1.165) is 28.3 Å². The highest BCUT2D eigenvalue weighted by Gasteiger charge is 2.16. The van der Waals surface area contributed by atoms with Crippen LogP contribution in [0.25, 0.3) is 16.8 Å². The molecular weight excluding hydrogens is 388 g/mol. The molecule has 2 aromatic carbocycles. The van der Waals surface area contributed by atoms with E-state index in [9.17, 15) is 4.79 Å². The quantitative estimate of drug-likeness (QED) is 0.516. The number of benzene rings is 2. The number of aryl methyl sites for hydroxylation is 2. The van der Waals surface area contributed by atoms with Crippen molar-refractivity contribution >= 4 is 5.91 Å². The van der Waals surface area contributed by atoms with Gasteiger partial charge >= 0.3 is 0 Å². The number of aromatic nitrogens is 5. The number of tetrazole rings is 1. The molecule has 7 nitrogen and oxygen atoms in total. The van der Waals surface area contributed by atoms with Gasteiger partial charge in [0.2, 0.25) is 0 Å². The Kier molecular flexibility index (Phi) is 5.84. The average molecular weight is 412 g/mol. The Hall–Kier alpha value is -3.87. The molecule has 0 saturated carbocycles. The summed E-state index contributed by atoms with van der Waals surface area (Å²) in [5.41, 5.74) is 5.20. The van der Waals surface area contributed by atoms with Gasteiger partial charge in [0.25, 0.3) is 5.91 Å². The summed E-state index contributed by atoms with van der Waals surface area (Å²) in [4.78, 5) is 17.5. The second kappa shape index (κ2) is 8.87. The molecule has 1 amide bonds. The zero-order valence-electron chi connectivity index (χ0n) is 17.8. The van der Waals surface area contributed by atoms with Gasteiger partial charge < -0.3 is 5.32 Å². The molecule has 0 spiro atoms. The van der Waals surface area contributed by atoms with Crippen LogP contribution in [0.3, 0.4) is 0 Å². The molecular formula is C24H24N6O. The van der Waals surface area contributed by atoms with E-state index >= 15 is 0 Å². The molecule has 0 aliphatic heterocycles. The Bertz CT molecular complexity index is 1180.